The van der Waals surface area contributed by atoms with E-state index in [1.165, 1.54) is 0 Å². The molecule has 0 amide bonds. The topological polar surface area (TPSA) is 64.9 Å². The summed E-state index contributed by atoms with van der Waals surface area (Å²) in [7, 11) is 0. The van der Waals surface area contributed by atoms with Crippen LogP contribution in [0.3, 0.4) is 0 Å². The number of hydrogen-bond donors (Lipinski definition) is 1. The quantitative estimate of drug-likeness (QED) is 0.861. The van der Waals surface area contributed by atoms with Crippen molar-refractivity contribution in [2.45, 2.75) is 19.8 Å². The van der Waals surface area contributed by atoms with Gasteiger partial charge in [-0.15, -0.1) is 10.2 Å². The molecular formula is C10H13N3OS. The third-order valence-electron chi connectivity index (χ3n) is 2.15. The van der Waals surface area contributed by atoms with Gasteiger partial charge >= 0.3 is 0 Å². The summed E-state index contributed by atoms with van der Waals surface area (Å²) < 4.78 is 5.23. The number of rotatable bonds is 4. The van der Waals surface area contributed by atoms with Crippen LogP contribution in [-0.4, -0.2) is 16.7 Å². The first-order chi connectivity index (χ1) is 7.31. The zero-order valence-corrected chi connectivity index (χ0v) is 9.38. The molecule has 0 spiro atoms. The van der Waals surface area contributed by atoms with E-state index < -0.39 is 0 Å². The fourth-order valence-electron chi connectivity index (χ4n) is 1.32. The molecule has 0 aliphatic heterocycles. The Bertz CT molecular complexity index is 435. The van der Waals surface area contributed by atoms with Crippen molar-refractivity contribution in [3.8, 4) is 10.6 Å². The Morgan fingerprint density at radius 1 is 1.47 bits per heavy atom. The van der Waals surface area contributed by atoms with Crippen LogP contribution in [-0.2, 0) is 6.42 Å². The fraction of sp³-hybridized carbons (Fsp3) is 0.400. The number of aryl methyl sites for hydroxylation is 2. The lowest BCUT2D eigenvalue weighted by Gasteiger charge is -1.90. The Balaban J connectivity index is 2.17. The zero-order chi connectivity index (χ0) is 10.7. The number of nitrogens with zero attached hydrogens (tertiary/aromatic N) is 2. The standard InChI is InChI=1S/C10H13N3OS/c1-7-8(4-6-14-7)10-13-12-9(15-10)3-2-5-11/h4,6H,2-3,5,11H2,1H3. The summed E-state index contributed by atoms with van der Waals surface area (Å²) >= 11 is 1.61. The largest absolute Gasteiger partial charge is 0.469 e. The Labute approximate surface area is 92.1 Å². The van der Waals surface area contributed by atoms with Crippen LogP contribution in [0.1, 0.15) is 17.2 Å². The van der Waals surface area contributed by atoms with Gasteiger partial charge in [0, 0.05) is 6.42 Å². The van der Waals surface area contributed by atoms with Crippen molar-refractivity contribution >= 4 is 11.3 Å². The minimum Gasteiger partial charge on any atom is -0.469 e. The Hall–Kier alpha value is -1.20. The zero-order valence-electron chi connectivity index (χ0n) is 8.56. The predicted octanol–water partition coefficient (Wildman–Crippen LogP) is 2.00. The van der Waals surface area contributed by atoms with E-state index in [1.807, 2.05) is 13.0 Å². The van der Waals surface area contributed by atoms with E-state index in [-0.39, 0.29) is 0 Å². The minimum atomic E-state index is 0.694. The fourth-order valence-corrected chi connectivity index (χ4v) is 2.28. The monoisotopic (exact) mass is 223 g/mol. The van der Waals surface area contributed by atoms with Crippen LogP contribution in [0.5, 0.6) is 0 Å². The lowest BCUT2D eigenvalue weighted by Crippen LogP contribution is -1.99. The van der Waals surface area contributed by atoms with E-state index in [2.05, 4.69) is 10.2 Å². The van der Waals surface area contributed by atoms with Crippen molar-refractivity contribution < 1.29 is 4.42 Å². The first-order valence-corrected chi connectivity index (χ1v) is 5.70. The molecule has 0 fully saturated rings. The van der Waals surface area contributed by atoms with Gasteiger partial charge in [-0.25, -0.2) is 0 Å². The molecule has 4 nitrogen and oxygen atoms in total. The van der Waals surface area contributed by atoms with E-state index in [1.54, 1.807) is 17.6 Å². The van der Waals surface area contributed by atoms with Gasteiger partial charge in [0.2, 0.25) is 0 Å². The summed E-state index contributed by atoms with van der Waals surface area (Å²) in [6, 6.07) is 1.92. The maximum Gasteiger partial charge on any atom is 0.151 e. The molecule has 2 aromatic heterocycles. The molecule has 2 heterocycles. The number of nitrogens with two attached hydrogens (primary N) is 1. The number of furan rings is 1. The van der Waals surface area contributed by atoms with Crippen molar-refractivity contribution in [1.82, 2.24) is 10.2 Å². The molecule has 5 heteroatoms. The van der Waals surface area contributed by atoms with Crippen molar-refractivity contribution in [3.05, 3.63) is 23.1 Å². The smallest absolute Gasteiger partial charge is 0.151 e. The summed E-state index contributed by atoms with van der Waals surface area (Å²) in [4.78, 5) is 0. The predicted molar refractivity (Wildman–Crippen MR) is 59.7 cm³/mol. The molecule has 0 unspecified atom stereocenters. The normalized spacial score (nSPS) is 10.8. The number of hydrogen-bond acceptors (Lipinski definition) is 5. The minimum absolute atomic E-state index is 0.694. The van der Waals surface area contributed by atoms with Gasteiger partial charge < -0.3 is 10.2 Å². The molecule has 0 aliphatic rings. The second-order valence-corrected chi connectivity index (χ2v) is 4.35. The van der Waals surface area contributed by atoms with Gasteiger partial charge in [-0.05, 0) is 26.0 Å². The van der Waals surface area contributed by atoms with Gasteiger partial charge in [0.25, 0.3) is 0 Å². The second-order valence-electron chi connectivity index (χ2n) is 3.28. The number of aromatic nitrogens is 2. The van der Waals surface area contributed by atoms with Crippen molar-refractivity contribution in [1.29, 1.82) is 0 Å². The first kappa shape index (κ1) is 10.3. The Kier molecular flexibility index (Phi) is 3.13. The van der Waals surface area contributed by atoms with Crippen LogP contribution in [0.15, 0.2) is 16.7 Å². The first-order valence-electron chi connectivity index (χ1n) is 4.88. The van der Waals surface area contributed by atoms with E-state index in [0.29, 0.717) is 6.54 Å². The van der Waals surface area contributed by atoms with Crippen LogP contribution in [0.4, 0.5) is 0 Å². The molecule has 80 valence electrons. The molecule has 2 aromatic rings. The van der Waals surface area contributed by atoms with Crippen LogP contribution in [0.2, 0.25) is 0 Å². The molecule has 0 atom stereocenters. The van der Waals surface area contributed by atoms with Gasteiger partial charge in [0.05, 0.1) is 11.8 Å². The summed E-state index contributed by atoms with van der Waals surface area (Å²) in [5.41, 5.74) is 6.48. The van der Waals surface area contributed by atoms with Gasteiger partial charge in [-0.1, -0.05) is 11.3 Å². The molecular weight excluding hydrogens is 210 g/mol. The summed E-state index contributed by atoms with van der Waals surface area (Å²) in [5, 5.41) is 10.2. The SMILES string of the molecule is Cc1occc1-c1nnc(CCCN)s1. The third kappa shape index (κ3) is 2.24. The summed E-state index contributed by atoms with van der Waals surface area (Å²) in [5.74, 6) is 0.886. The highest BCUT2D eigenvalue weighted by atomic mass is 32.1. The Morgan fingerprint density at radius 2 is 2.33 bits per heavy atom. The summed E-state index contributed by atoms with van der Waals surface area (Å²) in [6.45, 7) is 2.62. The van der Waals surface area contributed by atoms with E-state index in [0.717, 1.165) is 34.2 Å². The van der Waals surface area contributed by atoms with Gasteiger partial charge in [0.1, 0.15) is 10.8 Å². The van der Waals surface area contributed by atoms with Gasteiger partial charge in [0.15, 0.2) is 5.01 Å². The van der Waals surface area contributed by atoms with Crippen molar-refractivity contribution in [2.24, 2.45) is 5.73 Å². The van der Waals surface area contributed by atoms with Crippen molar-refractivity contribution in [3.63, 3.8) is 0 Å². The van der Waals surface area contributed by atoms with Crippen molar-refractivity contribution in [2.75, 3.05) is 6.54 Å². The molecule has 2 N–H and O–H groups in total. The lowest BCUT2D eigenvalue weighted by atomic mass is 10.3. The molecule has 0 aromatic carbocycles. The molecule has 0 aliphatic carbocycles. The molecule has 0 saturated carbocycles. The van der Waals surface area contributed by atoms with E-state index >= 15 is 0 Å². The third-order valence-corrected chi connectivity index (χ3v) is 3.17. The molecule has 0 radical (unpaired) electrons. The van der Waals surface area contributed by atoms with Gasteiger partial charge in [-0.2, -0.15) is 0 Å². The molecule has 15 heavy (non-hydrogen) atoms. The molecule has 0 saturated heterocycles. The van der Waals surface area contributed by atoms with E-state index in [4.69, 9.17) is 10.2 Å². The van der Waals surface area contributed by atoms with Crippen LogP contribution < -0.4 is 5.73 Å². The van der Waals surface area contributed by atoms with E-state index in [9.17, 15) is 0 Å². The maximum absolute atomic E-state index is 5.44. The van der Waals surface area contributed by atoms with Crippen LogP contribution in [0, 0.1) is 6.92 Å². The highest BCUT2D eigenvalue weighted by Gasteiger charge is 2.10. The highest BCUT2D eigenvalue weighted by molar-refractivity contribution is 7.14. The highest BCUT2D eigenvalue weighted by Crippen LogP contribution is 2.27. The Morgan fingerprint density at radius 3 is 3.00 bits per heavy atom. The summed E-state index contributed by atoms with van der Waals surface area (Å²) in [6.07, 6.45) is 3.54. The molecule has 2 rings (SSSR count). The second kappa shape index (κ2) is 4.55. The average Bonchev–Trinajstić information content (AvgIpc) is 2.83. The lowest BCUT2D eigenvalue weighted by molar-refractivity contribution is 0.535. The maximum atomic E-state index is 5.44. The van der Waals surface area contributed by atoms with Gasteiger partial charge in [-0.3, -0.25) is 0 Å². The molecule has 0 bridgehead atoms. The van der Waals surface area contributed by atoms with Crippen LogP contribution in [0.25, 0.3) is 10.6 Å². The average molecular weight is 223 g/mol. The van der Waals surface area contributed by atoms with Crippen LogP contribution >= 0.6 is 11.3 Å².